The topological polar surface area (TPSA) is 88.0 Å². The molecule has 0 fully saturated rings. The molecule has 1 aromatic heterocycles. The van der Waals surface area contributed by atoms with Crippen LogP contribution in [0, 0.1) is 0 Å². The first-order chi connectivity index (χ1) is 7.06. The van der Waals surface area contributed by atoms with E-state index in [1.165, 1.54) is 4.57 Å². The highest BCUT2D eigenvalue weighted by molar-refractivity contribution is 8.00. The monoisotopic (exact) mass is 235 g/mol. The number of H-pyrrole nitrogens is 1. The number of nitrogens with one attached hydrogen (secondary N) is 1. The maximum absolute atomic E-state index is 12.8. The number of carboxylic acids is 1. The van der Waals surface area contributed by atoms with Crippen molar-refractivity contribution in [3.63, 3.8) is 0 Å². The van der Waals surface area contributed by atoms with Crippen molar-refractivity contribution in [3.8, 4) is 0 Å². The molecule has 2 N–H and O–H groups in total. The number of rotatable bonds is 5. The number of thioether (sulfide) groups is 1. The molecule has 0 aliphatic heterocycles. The van der Waals surface area contributed by atoms with Crippen LogP contribution >= 0.6 is 11.8 Å². The summed E-state index contributed by atoms with van der Waals surface area (Å²) in [5, 5.41) is 14.1. The minimum Gasteiger partial charge on any atom is -0.478 e. The molecule has 15 heavy (non-hydrogen) atoms. The first kappa shape index (κ1) is 11.8. The van der Waals surface area contributed by atoms with E-state index in [1.54, 1.807) is 0 Å². The normalized spacial score (nSPS) is 12.7. The molecule has 1 atom stereocenters. The van der Waals surface area contributed by atoms with Gasteiger partial charge >= 0.3 is 11.7 Å². The molecular formula is C7H10FN3O3S. The smallest absolute Gasteiger partial charge is 0.349 e. The van der Waals surface area contributed by atoms with Gasteiger partial charge in [-0.05, 0) is 18.2 Å². The molecule has 0 amide bonds. The molecule has 1 unspecified atom stereocenters. The first-order valence-electron chi connectivity index (χ1n) is 4.25. The van der Waals surface area contributed by atoms with E-state index in [4.69, 9.17) is 5.11 Å². The number of halogens is 1. The molecule has 0 radical (unpaired) electrons. The van der Waals surface area contributed by atoms with Gasteiger partial charge in [-0.15, -0.1) is 5.10 Å². The van der Waals surface area contributed by atoms with Crippen LogP contribution in [0.25, 0.3) is 0 Å². The largest absolute Gasteiger partial charge is 0.478 e. The van der Waals surface area contributed by atoms with Crippen molar-refractivity contribution in [2.45, 2.75) is 30.5 Å². The Morgan fingerprint density at radius 3 is 3.00 bits per heavy atom. The number of carboxylic acid groups (broad SMARTS) is 1. The van der Waals surface area contributed by atoms with Gasteiger partial charge in [0.1, 0.15) is 0 Å². The average Bonchev–Trinajstić information content (AvgIpc) is 2.50. The van der Waals surface area contributed by atoms with Crippen molar-refractivity contribution in [1.82, 2.24) is 14.8 Å². The maximum Gasteiger partial charge on any atom is 0.349 e. The molecular weight excluding hydrogens is 225 g/mol. The highest BCUT2D eigenvalue weighted by Gasteiger charge is 2.21. The SMILES string of the molecule is CCCn1c(SC(F)C(=O)O)n[nH]c1=O. The molecule has 8 heteroatoms. The van der Waals surface area contributed by atoms with Crippen molar-refractivity contribution in [3.05, 3.63) is 10.5 Å². The number of hydrogen-bond donors (Lipinski definition) is 2. The minimum absolute atomic E-state index is 0.0525. The van der Waals surface area contributed by atoms with Gasteiger partial charge in [0.25, 0.3) is 0 Å². The lowest BCUT2D eigenvalue weighted by Gasteiger charge is -2.03. The number of alkyl halides is 1. The Hall–Kier alpha value is -1.31. The quantitative estimate of drug-likeness (QED) is 0.723. The zero-order valence-electron chi connectivity index (χ0n) is 7.94. The summed E-state index contributed by atoms with van der Waals surface area (Å²) in [5.41, 5.74) is -2.58. The van der Waals surface area contributed by atoms with Gasteiger partial charge in [0.2, 0.25) is 5.50 Å². The zero-order valence-corrected chi connectivity index (χ0v) is 8.75. The molecule has 0 saturated carbocycles. The summed E-state index contributed by atoms with van der Waals surface area (Å²) in [6.07, 6.45) is 0.678. The lowest BCUT2D eigenvalue weighted by molar-refractivity contribution is -0.139. The molecule has 1 aromatic rings. The lowest BCUT2D eigenvalue weighted by atomic mass is 10.5. The van der Waals surface area contributed by atoms with E-state index in [9.17, 15) is 14.0 Å². The molecule has 6 nitrogen and oxygen atoms in total. The van der Waals surface area contributed by atoms with Gasteiger partial charge in [-0.25, -0.2) is 19.1 Å². The second-order valence-electron chi connectivity index (χ2n) is 2.74. The molecule has 84 valence electrons. The summed E-state index contributed by atoms with van der Waals surface area (Å²) in [7, 11) is 0. The molecule has 0 spiro atoms. The van der Waals surface area contributed by atoms with Crippen molar-refractivity contribution in [1.29, 1.82) is 0 Å². The number of aromatic nitrogens is 3. The maximum atomic E-state index is 12.8. The van der Waals surface area contributed by atoms with Crippen LogP contribution in [0.3, 0.4) is 0 Å². The summed E-state index contributed by atoms with van der Waals surface area (Å²) in [5.74, 6) is -1.58. The summed E-state index contributed by atoms with van der Waals surface area (Å²) < 4.78 is 14.0. The van der Waals surface area contributed by atoms with Crippen molar-refractivity contribution in [2.24, 2.45) is 0 Å². The van der Waals surface area contributed by atoms with Gasteiger partial charge in [0, 0.05) is 6.54 Å². The van der Waals surface area contributed by atoms with Crippen LogP contribution in [0.4, 0.5) is 4.39 Å². The molecule has 0 aliphatic rings. The van der Waals surface area contributed by atoms with Crippen LogP contribution in [0.5, 0.6) is 0 Å². The number of aliphatic carboxylic acids is 1. The molecule has 1 rings (SSSR count). The molecule has 0 bridgehead atoms. The standard InChI is InChI=1S/C7H10FN3O3S/c1-2-3-11-6(14)9-10-7(11)15-4(8)5(12)13/h4H,2-3H2,1H3,(H,9,14)(H,12,13). The Kier molecular flexibility index (Phi) is 3.89. The van der Waals surface area contributed by atoms with Gasteiger partial charge in [-0.3, -0.25) is 4.57 Å². The predicted octanol–water partition coefficient (Wildman–Crippen LogP) is 0.454. The molecule has 0 aromatic carbocycles. The van der Waals surface area contributed by atoms with Crippen LogP contribution in [0.1, 0.15) is 13.3 Å². The fraction of sp³-hybridized carbons (Fsp3) is 0.571. The Labute approximate surface area is 88.5 Å². The number of nitrogens with zero attached hydrogens (tertiary/aromatic N) is 2. The van der Waals surface area contributed by atoms with E-state index in [0.29, 0.717) is 24.7 Å². The van der Waals surface area contributed by atoms with Gasteiger partial charge in [0.15, 0.2) is 5.16 Å². The highest BCUT2D eigenvalue weighted by Crippen LogP contribution is 2.21. The van der Waals surface area contributed by atoms with E-state index in [0.717, 1.165) is 0 Å². The summed E-state index contributed by atoms with van der Waals surface area (Å²) in [6, 6.07) is 0. The fourth-order valence-corrected chi connectivity index (χ4v) is 1.64. The lowest BCUT2D eigenvalue weighted by Crippen LogP contribution is -2.18. The van der Waals surface area contributed by atoms with Crippen molar-refractivity contribution >= 4 is 17.7 Å². The van der Waals surface area contributed by atoms with Gasteiger partial charge in [-0.2, -0.15) is 0 Å². The van der Waals surface area contributed by atoms with Crippen molar-refractivity contribution < 1.29 is 14.3 Å². The van der Waals surface area contributed by atoms with E-state index < -0.39 is 17.2 Å². The van der Waals surface area contributed by atoms with Gasteiger partial charge in [-0.1, -0.05) is 6.92 Å². The highest BCUT2D eigenvalue weighted by atomic mass is 32.2. The summed E-state index contributed by atoms with van der Waals surface area (Å²) >= 11 is 0.393. The van der Waals surface area contributed by atoms with E-state index in [-0.39, 0.29) is 5.16 Å². The average molecular weight is 235 g/mol. The summed E-state index contributed by atoms with van der Waals surface area (Å²) in [6.45, 7) is 2.22. The van der Waals surface area contributed by atoms with Crippen LogP contribution in [0.15, 0.2) is 9.95 Å². The van der Waals surface area contributed by atoms with E-state index in [2.05, 4.69) is 10.2 Å². The van der Waals surface area contributed by atoms with Gasteiger partial charge < -0.3 is 5.11 Å². The zero-order chi connectivity index (χ0) is 11.4. The van der Waals surface area contributed by atoms with Gasteiger partial charge in [0.05, 0.1) is 0 Å². The number of hydrogen-bond acceptors (Lipinski definition) is 4. The first-order valence-corrected chi connectivity index (χ1v) is 5.13. The number of carbonyl (C=O) groups is 1. The van der Waals surface area contributed by atoms with Crippen LogP contribution in [0.2, 0.25) is 0 Å². The van der Waals surface area contributed by atoms with E-state index >= 15 is 0 Å². The Morgan fingerprint density at radius 2 is 2.47 bits per heavy atom. The number of aromatic amines is 1. The van der Waals surface area contributed by atoms with E-state index in [1.807, 2.05) is 6.92 Å². The summed E-state index contributed by atoms with van der Waals surface area (Å²) in [4.78, 5) is 21.4. The second kappa shape index (κ2) is 4.96. The Morgan fingerprint density at radius 1 is 1.80 bits per heavy atom. The Bertz CT molecular complexity index is 402. The Balaban J connectivity index is 2.85. The molecule has 0 aliphatic carbocycles. The third-order valence-electron chi connectivity index (χ3n) is 1.57. The predicted molar refractivity (Wildman–Crippen MR) is 51.5 cm³/mol. The van der Waals surface area contributed by atoms with Crippen molar-refractivity contribution in [2.75, 3.05) is 0 Å². The third-order valence-corrected chi connectivity index (χ3v) is 2.50. The second-order valence-corrected chi connectivity index (χ2v) is 3.75. The van der Waals surface area contributed by atoms with Crippen LogP contribution in [-0.2, 0) is 11.3 Å². The van der Waals surface area contributed by atoms with Crippen LogP contribution < -0.4 is 5.69 Å². The minimum atomic E-state index is -2.11. The third kappa shape index (κ3) is 2.82. The molecule has 1 heterocycles. The molecule has 0 saturated heterocycles. The fourth-order valence-electron chi connectivity index (χ4n) is 0.957. The van der Waals surface area contributed by atoms with Crippen LogP contribution in [-0.4, -0.2) is 31.3 Å².